The topological polar surface area (TPSA) is 42.8 Å². The summed E-state index contributed by atoms with van der Waals surface area (Å²) in [5, 5.41) is 0. The summed E-state index contributed by atoms with van der Waals surface area (Å²) < 4.78 is 7.92. The summed E-state index contributed by atoms with van der Waals surface area (Å²) in [6, 6.07) is 4.00. The summed E-state index contributed by atoms with van der Waals surface area (Å²) in [6.07, 6.45) is 0. The lowest BCUT2D eigenvalue weighted by Crippen LogP contribution is -2.13. The van der Waals surface area contributed by atoms with E-state index in [1.165, 1.54) is 0 Å². The molecule has 0 aliphatic rings. The normalized spacial score (nSPS) is 13.1. The van der Waals surface area contributed by atoms with Crippen molar-refractivity contribution in [2.24, 2.45) is 5.92 Å². The number of aromatic nitrogens is 3. The molecule has 0 spiro atoms. The van der Waals surface area contributed by atoms with E-state index >= 15 is 0 Å². The van der Waals surface area contributed by atoms with Gasteiger partial charge in [-0.05, 0) is 37.2 Å². The van der Waals surface area contributed by atoms with E-state index in [9.17, 15) is 0 Å². The zero-order chi connectivity index (χ0) is 12.4. The molecule has 17 heavy (non-hydrogen) atoms. The van der Waals surface area contributed by atoms with Crippen molar-refractivity contribution >= 4 is 23.4 Å². The van der Waals surface area contributed by atoms with Gasteiger partial charge in [0.2, 0.25) is 0 Å². The van der Waals surface area contributed by atoms with Crippen molar-refractivity contribution in [3.8, 4) is 0 Å². The quantitative estimate of drug-likeness (QED) is 0.850. The van der Waals surface area contributed by atoms with Gasteiger partial charge in [-0.2, -0.15) is 0 Å². The standard InChI is InChI=1S/C12H17N3OS/c1-8(7-16-3)6-15-11-10(14-12(15)17)5-4-9(2)13-11/h4-5,8H,6-7H2,1-3H3,(H,14,17). The SMILES string of the molecule is COCC(C)Cn1c(=S)[nH]c2ccc(C)nc21. The molecule has 0 radical (unpaired) electrons. The first-order valence-corrected chi connectivity index (χ1v) is 6.07. The average Bonchev–Trinajstić information content (AvgIpc) is 2.56. The molecule has 0 bridgehead atoms. The van der Waals surface area contributed by atoms with E-state index in [2.05, 4.69) is 16.9 Å². The van der Waals surface area contributed by atoms with E-state index in [0.29, 0.717) is 5.92 Å². The Kier molecular flexibility index (Phi) is 3.59. The Morgan fingerprint density at radius 1 is 1.53 bits per heavy atom. The third kappa shape index (κ3) is 2.56. The van der Waals surface area contributed by atoms with Gasteiger partial charge in [-0.3, -0.25) is 0 Å². The van der Waals surface area contributed by atoms with Crippen LogP contribution in [0.2, 0.25) is 0 Å². The largest absolute Gasteiger partial charge is 0.384 e. The maximum Gasteiger partial charge on any atom is 0.179 e. The molecule has 0 saturated heterocycles. The number of rotatable bonds is 4. The van der Waals surface area contributed by atoms with Gasteiger partial charge in [-0.15, -0.1) is 0 Å². The molecule has 1 unspecified atom stereocenters. The van der Waals surface area contributed by atoms with E-state index in [-0.39, 0.29) is 0 Å². The number of hydrogen-bond donors (Lipinski definition) is 1. The van der Waals surface area contributed by atoms with Crippen LogP contribution < -0.4 is 0 Å². The van der Waals surface area contributed by atoms with Crippen molar-refractivity contribution in [3.05, 3.63) is 22.6 Å². The fraction of sp³-hybridized carbons (Fsp3) is 0.500. The molecule has 0 saturated carbocycles. The Morgan fingerprint density at radius 2 is 2.29 bits per heavy atom. The number of fused-ring (bicyclic) bond motifs is 1. The Hall–Kier alpha value is -1.20. The lowest BCUT2D eigenvalue weighted by atomic mass is 10.2. The Labute approximate surface area is 106 Å². The maximum absolute atomic E-state index is 5.33. The van der Waals surface area contributed by atoms with Gasteiger partial charge in [0.15, 0.2) is 10.4 Å². The van der Waals surface area contributed by atoms with Crippen molar-refractivity contribution in [1.82, 2.24) is 14.5 Å². The molecule has 0 amide bonds. The third-order valence-corrected chi connectivity index (χ3v) is 3.02. The highest BCUT2D eigenvalue weighted by Crippen LogP contribution is 2.14. The summed E-state index contributed by atoms with van der Waals surface area (Å²) in [4.78, 5) is 7.71. The lowest BCUT2D eigenvalue weighted by Gasteiger charge is -2.11. The van der Waals surface area contributed by atoms with Gasteiger partial charge in [0.1, 0.15) is 0 Å². The van der Waals surface area contributed by atoms with Crippen LogP contribution >= 0.6 is 12.2 Å². The highest BCUT2D eigenvalue weighted by Gasteiger charge is 2.09. The zero-order valence-corrected chi connectivity index (χ0v) is 11.2. The Morgan fingerprint density at radius 3 is 3.00 bits per heavy atom. The molecular formula is C12H17N3OS. The van der Waals surface area contributed by atoms with Gasteiger partial charge in [-0.25, -0.2) is 4.98 Å². The van der Waals surface area contributed by atoms with Gasteiger partial charge in [0.05, 0.1) is 12.1 Å². The number of hydrogen-bond acceptors (Lipinski definition) is 3. The number of H-pyrrole nitrogens is 1. The van der Waals surface area contributed by atoms with Crippen LogP contribution in [-0.2, 0) is 11.3 Å². The minimum Gasteiger partial charge on any atom is -0.384 e. The van der Waals surface area contributed by atoms with E-state index in [4.69, 9.17) is 17.0 Å². The van der Waals surface area contributed by atoms with Crippen molar-refractivity contribution in [2.75, 3.05) is 13.7 Å². The molecule has 1 N–H and O–H groups in total. The van der Waals surface area contributed by atoms with Crippen LogP contribution in [0.25, 0.3) is 11.2 Å². The summed E-state index contributed by atoms with van der Waals surface area (Å²) in [6.45, 7) is 5.67. The molecule has 4 nitrogen and oxygen atoms in total. The first-order chi connectivity index (χ1) is 8.11. The van der Waals surface area contributed by atoms with Crippen LogP contribution in [0.15, 0.2) is 12.1 Å². The second kappa shape index (κ2) is 4.98. The first-order valence-electron chi connectivity index (χ1n) is 5.67. The second-order valence-electron chi connectivity index (χ2n) is 4.43. The molecule has 2 rings (SSSR count). The number of imidazole rings is 1. The van der Waals surface area contributed by atoms with Gasteiger partial charge < -0.3 is 14.3 Å². The lowest BCUT2D eigenvalue weighted by molar-refractivity contribution is 0.151. The maximum atomic E-state index is 5.33. The van der Waals surface area contributed by atoms with E-state index in [1.807, 2.05) is 23.6 Å². The Bertz CT molecular complexity index is 573. The fourth-order valence-electron chi connectivity index (χ4n) is 1.94. The Balaban J connectivity index is 2.42. The monoisotopic (exact) mass is 251 g/mol. The number of nitrogens with one attached hydrogen (secondary N) is 1. The van der Waals surface area contributed by atoms with Gasteiger partial charge in [0.25, 0.3) is 0 Å². The molecule has 1 atom stereocenters. The molecule has 0 aliphatic heterocycles. The van der Waals surface area contributed by atoms with E-state index in [1.54, 1.807) is 7.11 Å². The highest BCUT2D eigenvalue weighted by atomic mass is 32.1. The molecule has 0 aliphatic carbocycles. The minimum absolute atomic E-state index is 0.410. The van der Waals surface area contributed by atoms with Gasteiger partial charge in [0, 0.05) is 19.3 Å². The third-order valence-electron chi connectivity index (χ3n) is 2.70. The number of pyridine rings is 1. The summed E-state index contributed by atoms with van der Waals surface area (Å²) >= 11 is 5.33. The van der Waals surface area contributed by atoms with Crippen molar-refractivity contribution in [2.45, 2.75) is 20.4 Å². The predicted molar refractivity (Wildman–Crippen MR) is 70.7 cm³/mol. The number of methoxy groups -OCH3 is 1. The fourth-order valence-corrected chi connectivity index (χ4v) is 2.21. The highest BCUT2D eigenvalue weighted by molar-refractivity contribution is 7.71. The van der Waals surface area contributed by atoms with Crippen LogP contribution in [0.3, 0.4) is 0 Å². The van der Waals surface area contributed by atoms with E-state index in [0.717, 1.165) is 34.8 Å². The summed E-state index contributed by atoms with van der Waals surface area (Å²) in [5.74, 6) is 0.410. The number of nitrogens with zero attached hydrogens (tertiary/aromatic N) is 2. The molecule has 2 aromatic rings. The second-order valence-corrected chi connectivity index (χ2v) is 4.81. The first kappa shape index (κ1) is 12.3. The molecule has 2 aromatic heterocycles. The van der Waals surface area contributed by atoms with E-state index < -0.39 is 0 Å². The number of aromatic amines is 1. The molecular weight excluding hydrogens is 234 g/mol. The van der Waals surface area contributed by atoms with Crippen LogP contribution in [0.4, 0.5) is 0 Å². The van der Waals surface area contributed by atoms with Gasteiger partial charge >= 0.3 is 0 Å². The summed E-state index contributed by atoms with van der Waals surface area (Å²) in [5.41, 5.74) is 2.92. The van der Waals surface area contributed by atoms with Crippen LogP contribution in [-0.4, -0.2) is 28.3 Å². The molecule has 92 valence electrons. The number of ether oxygens (including phenoxy) is 1. The molecule has 5 heteroatoms. The van der Waals surface area contributed by atoms with Crippen LogP contribution in [0.1, 0.15) is 12.6 Å². The zero-order valence-electron chi connectivity index (χ0n) is 10.4. The molecule has 0 aromatic carbocycles. The smallest absolute Gasteiger partial charge is 0.179 e. The van der Waals surface area contributed by atoms with Crippen molar-refractivity contribution in [1.29, 1.82) is 0 Å². The van der Waals surface area contributed by atoms with Crippen LogP contribution in [0.5, 0.6) is 0 Å². The summed E-state index contributed by atoms with van der Waals surface area (Å²) in [7, 11) is 1.72. The average molecular weight is 251 g/mol. The van der Waals surface area contributed by atoms with Crippen molar-refractivity contribution in [3.63, 3.8) is 0 Å². The molecule has 0 fully saturated rings. The molecule has 2 heterocycles. The van der Waals surface area contributed by atoms with Crippen molar-refractivity contribution < 1.29 is 4.74 Å². The number of aryl methyl sites for hydroxylation is 1. The van der Waals surface area contributed by atoms with Gasteiger partial charge in [-0.1, -0.05) is 6.92 Å². The minimum atomic E-state index is 0.410. The predicted octanol–water partition coefficient (Wildman–Crippen LogP) is 2.68. The van der Waals surface area contributed by atoms with Crippen LogP contribution in [0, 0.1) is 17.6 Å².